The molecule has 0 N–H and O–H groups in total. The third-order valence-electron chi connectivity index (χ3n) is 24.3. The Morgan fingerprint density at radius 2 is 0.514 bits per heavy atom. The van der Waals surface area contributed by atoms with Crippen LogP contribution >= 0.6 is 0 Å². The van der Waals surface area contributed by atoms with E-state index in [2.05, 4.69) is 413 Å². The monoisotopic (exact) mass is 1390 g/mol. The zero-order chi connectivity index (χ0) is 73.0. The summed E-state index contributed by atoms with van der Waals surface area (Å²) in [6.07, 6.45) is 5.41. The van der Waals surface area contributed by atoms with Gasteiger partial charge in [0.2, 0.25) is 0 Å². The first kappa shape index (κ1) is 65.1. The average molecular weight is 1390 g/mol. The van der Waals surface area contributed by atoms with E-state index in [0.717, 1.165) is 58.1 Å². The van der Waals surface area contributed by atoms with Crippen LogP contribution in [0.5, 0.6) is 0 Å². The SMILES string of the molecule is C=Cc1ccc(CC2(c3ccc(C)cc3)c3ccccc3-c3ccc(N(c4ccc(-c5ccccc5)cc4)c4ccc5c(c4)C4(c6ccccc6-5)c5ccccc5-c5ccc(N(c6ccc(-c7ccccc7)cc6)c6ccc7c(c6)C(Cc6ccc(C=C)cc6)(c6ccc(C)cc6)c6ccccc6-7)cc54)cc32)cc1. The van der Waals surface area contributed by atoms with Crippen molar-refractivity contribution in [2.24, 2.45) is 0 Å². The number of hydrogen-bond acceptors (Lipinski definition) is 2. The molecule has 0 saturated heterocycles. The number of rotatable bonds is 16. The molecule has 516 valence electrons. The van der Waals surface area contributed by atoms with E-state index in [1.54, 1.807) is 0 Å². The number of nitrogens with zero attached hydrogens (tertiary/aromatic N) is 2. The summed E-state index contributed by atoms with van der Waals surface area (Å²) in [4.78, 5) is 5.07. The molecule has 0 heterocycles. The summed E-state index contributed by atoms with van der Waals surface area (Å²) in [7, 11) is 0. The summed E-state index contributed by atoms with van der Waals surface area (Å²) in [6, 6.07) is 143. The minimum Gasteiger partial charge on any atom is -0.310 e. The number of anilines is 6. The molecule has 20 rings (SSSR count). The molecule has 2 unspecified atom stereocenters. The van der Waals surface area contributed by atoms with E-state index >= 15 is 0 Å². The Labute approximate surface area is 639 Å². The van der Waals surface area contributed by atoms with E-state index in [9.17, 15) is 0 Å². The molecule has 2 atom stereocenters. The highest BCUT2D eigenvalue weighted by molar-refractivity contribution is 5.99. The Hall–Kier alpha value is -13.4. The van der Waals surface area contributed by atoms with Crippen LogP contribution in [0.1, 0.15) is 89.0 Å². The normalized spacial score (nSPS) is 16.2. The average Bonchev–Trinajstić information content (AvgIpc) is 1.53. The van der Waals surface area contributed by atoms with Crippen LogP contribution in [0.4, 0.5) is 34.1 Å². The molecule has 0 aliphatic heterocycles. The maximum absolute atomic E-state index is 4.13. The second kappa shape index (κ2) is 26.0. The lowest BCUT2D eigenvalue weighted by molar-refractivity contribution is 0.629. The first-order valence-electron chi connectivity index (χ1n) is 38.2. The van der Waals surface area contributed by atoms with Gasteiger partial charge in [0.15, 0.2) is 0 Å². The van der Waals surface area contributed by atoms with Crippen LogP contribution in [0.3, 0.4) is 0 Å². The molecular formula is C107H78N2. The van der Waals surface area contributed by atoms with Crippen molar-refractivity contribution in [2.75, 3.05) is 9.80 Å². The second-order valence-electron chi connectivity index (χ2n) is 30.1. The van der Waals surface area contributed by atoms with Gasteiger partial charge in [0.25, 0.3) is 0 Å². The molecule has 0 saturated carbocycles. The molecule has 4 aliphatic rings. The van der Waals surface area contributed by atoms with E-state index < -0.39 is 16.2 Å². The zero-order valence-corrected chi connectivity index (χ0v) is 61.2. The van der Waals surface area contributed by atoms with Crippen molar-refractivity contribution in [3.63, 3.8) is 0 Å². The largest absolute Gasteiger partial charge is 0.310 e. The first-order chi connectivity index (χ1) is 53.7. The van der Waals surface area contributed by atoms with Crippen LogP contribution in [0.15, 0.2) is 389 Å². The van der Waals surface area contributed by atoms with Gasteiger partial charge in [-0.25, -0.2) is 0 Å². The van der Waals surface area contributed by atoms with Crippen molar-refractivity contribution in [3.05, 3.63) is 478 Å². The lowest BCUT2D eigenvalue weighted by atomic mass is 9.68. The molecule has 0 bridgehead atoms. The van der Waals surface area contributed by atoms with Gasteiger partial charge < -0.3 is 9.80 Å². The minimum atomic E-state index is -0.738. The van der Waals surface area contributed by atoms with E-state index in [-0.39, 0.29) is 0 Å². The number of benzene rings is 16. The van der Waals surface area contributed by atoms with Crippen LogP contribution in [0.2, 0.25) is 0 Å². The van der Waals surface area contributed by atoms with E-state index in [0.29, 0.717) is 0 Å². The third kappa shape index (κ3) is 10.3. The second-order valence-corrected chi connectivity index (χ2v) is 30.1. The van der Waals surface area contributed by atoms with Crippen molar-refractivity contribution in [1.29, 1.82) is 0 Å². The Morgan fingerprint density at radius 3 is 0.862 bits per heavy atom. The van der Waals surface area contributed by atoms with Crippen molar-refractivity contribution in [1.82, 2.24) is 0 Å². The quantitative estimate of drug-likeness (QED) is 0.0951. The molecule has 1 spiro atoms. The molecule has 0 fully saturated rings. The summed E-state index contributed by atoms with van der Waals surface area (Å²) in [6.45, 7) is 12.6. The maximum atomic E-state index is 4.13. The molecule has 4 aliphatic carbocycles. The summed E-state index contributed by atoms with van der Waals surface area (Å²) in [5.74, 6) is 0. The first-order valence-corrected chi connectivity index (χ1v) is 38.2. The molecule has 16 aromatic rings. The minimum absolute atomic E-state index is 0.530. The van der Waals surface area contributed by atoms with E-state index in [1.165, 1.54) is 145 Å². The van der Waals surface area contributed by atoms with Crippen molar-refractivity contribution < 1.29 is 0 Å². The van der Waals surface area contributed by atoms with Crippen LogP contribution in [0.25, 0.3) is 78.9 Å². The third-order valence-corrected chi connectivity index (χ3v) is 24.3. The molecule has 109 heavy (non-hydrogen) atoms. The van der Waals surface area contributed by atoms with Gasteiger partial charge in [0.1, 0.15) is 0 Å². The Kier molecular flexibility index (Phi) is 15.5. The van der Waals surface area contributed by atoms with Gasteiger partial charge >= 0.3 is 0 Å². The fourth-order valence-corrected chi connectivity index (χ4v) is 19.2. The molecule has 0 radical (unpaired) electrons. The predicted molar refractivity (Wildman–Crippen MR) is 456 cm³/mol. The number of aryl methyl sites for hydroxylation is 2. The maximum Gasteiger partial charge on any atom is 0.0727 e. The van der Waals surface area contributed by atoms with E-state index in [1.807, 2.05) is 12.2 Å². The van der Waals surface area contributed by atoms with Crippen LogP contribution in [-0.4, -0.2) is 0 Å². The summed E-state index contributed by atoms with van der Waals surface area (Å²) in [5, 5.41) is 0. The fourth-order valence-electron chi connectivity index (χ4n) is 19.2. The highest BCUT2D eigenvalue weighted by atomic mass is 15.1. The van der Waals surface area contributed by atoms with E-state index in [4.69, 9.17) is 0 Å². The smallest absolute Gasteiger partial charge is 0.0727 e. The lowest BCUT2D eigenvalue weighted by Gasteiger charge is -2.35. The number of fused-ring (bicyclic) bond motifs is 16. The standard InChI is InChI=1S/C107H78N2/c1-5-73-37-41-75(42-38-73)69-105(81-49-33-71(3)34-50-81)97-29-17-13-25-89(97)93-61-57-85(65-101(93)105)108(83-53-45-79(46-54-83)77-21-9-7-10-22-77)87-59-63-95-91-27-15-19-31-99(91)107(103(95)67-87)100-32-20-16-28-92(100)96-64-60-88(68-104(96)107)109(84-55-47-80(48-56-84)78-23-11-8-12-24-78)86-58-62-94-90-26-14-18-30-98(90)106(102(94)66-86,82-51-35-72(4)36-52-82)70-76-43-39-74(6-2)40-44-76/h5-68H,1-2,69-70H2,3-4H3. The van der Waals surface area contributed by atoms with Gasteiger partial charge in [-0.3, -0.25) is 0 Å². The summed E-state index contributed by atoms with van der Waals surface area (Å²) < 4.78 is 0. The van der Waals surface area contributed by atoms with Crippen LogP contribution in [-0.2, 0) is 29.1 Å². The van der Waals surface area contributed by atoms with Gasteiger partial charge in [0, 0.05) is 34.1 Å². The lowest BCUT2D eigenvalue weighted by Crippen LogP contribution is -2.30. The molecule has 0 aromatic heterocycles. The Balaban J connectivity index is 0.801. The highest BCUT2D eigenvalue weighted by Gasteiger charge is 2.53. The molecular weight excluding hydrogens is 1310 g/mol. The topological polar surface area (TPSA) is 6.48 Å². The molecule has 2 nitrogen and oxygen atoms in total. The number of hydrogen-bond donors (Lipinski definition) is 0. The summed E-state index contributed by atoms with van der Waals surface area (Å²) in [5.41, 5.74) is 39.4. The van der Waals surface area contributed by atoms with Gasteiger partial charge in [-0.15, -0.1) is 0 Å². The summed E-state index contributed by atoms with van der Waals surface area (Å²) >= 11 is 0. The van der Waals surface area contributed by atoms with Gasteiger partial charge in [-0.05, 0) is 244 Å². The highest BCUT2D eigenvalue weighted by Crippen LogP contribution is 2.65. The van der Waals surface area contributed by atoms with Crippen molar-refractivity contribution >= 4 is 46.3 Å². The fraction of sp³-hybridized carbons (Fsp3) is 0.0654. The van der Waals surface area contributed by atoms with Crippen LogP contribution in [0, 0.1) is 13.8 Å². The van der Waals surface area contributed by atoms with Crippen LogP contribution < -0.4 is 9.80 Å². The molecule has 16 aromatic carbocycles. The Morgan fingerprint density at radius 1 is 0.239 bits per heavy atom. The molecule has 0 amide bonds. The van der Waals surface area contributed by atoms with Crippen molar-refractivity contribution in [3.8, 4) is 66.8 Å². The predicted octanol–water partition coefficient (Wildman–Crippen LogP) is 27.3. The van der Waals surface area contributed by atoms with Gasteiger partial charge in [-0.2, -0.15) is 0 Å². The Bertz CT molecular complexity index is 5860. The van der Waals surface area contributed by atoms with Crippen molar-refractivity contribution in [2.45, 2.75) is 42.9 Å². The zero-order valence-electron chi connectivity index (χ0n) is 61.2. The molecule has 2 heteroatoms. The van der Waals surface area contributed by atoms with Gasteiger partial charge in [-0.1, -0.05) is 340 Å². The van der Waals surface area contributed by atoms with Gasteiger partial charge in [0.05, 0.1) is 16.2 Å².